The molecule has 1 saturated carbocycles. The molecular weight excluding hydrogens is 244 g/mol. The lowest BCUT2D eigenvalue weighted by atomic mass is 9.74. The van der Waals surface area contributed by atoms with Crippen molar-refractivity contribution in [3.8, 4) is 0 Å². The third-order valence-corrected chi connectivity index (χ3v) is 3.93. The second-order valence-corrected chi connectivity index (χ2v) is 5.59. The molecule has 1 amide bonds. The molecule has 0 aliphatic heterocycles. The van der Waals surface area contributed by atoms with Crippen LogP contribution in [-0.4, -0.2) is 36.1 Å². The number of amides is 1. The summed E-state index contributed by atoms with van der Waals surface area (Å²) in [4.78, 5) is 23.2. The predicted octanol–water partition coefficient (Wildman–Crippen LogP) is 1.53. The second kappa shape index (κ2) is 7.48. The van der Waals surface area contributed by atoms with Gasteiger partial charge in [-0.1, -0.05) is 26.2 Å². The maximum Gasteiger partial charge on any atom is 0.311 e. The summed E-state index contributed by atoms with van der Waals surface area (Å²) in [6.07, 6.45) is 4.71. The van der Waals surface area contributed by atoms with E-state index in [9.17, 15) is 14.7 Å². The molecule has 0 spiro atoms. The van der Waals surface area contributed by atoms with Gasteiger partial charge in [0.2, 0.25) is 5.91 Å². The fraction of sp³-hybridized carbons (Fsp3) is 0.857. The van der Waals surface area contributed by atoms with Crippen LogP contribution in [0.1, 0.15) is 52.4 Å². The number of aliphatic carboxylic acids is 1. The zero-order valence-electron chi connectivity index (χ0n) is 12.0. The topological polar surface area (TPSA) is 78.4 Å². The summed E-state index contributed by atoms with van der Waals surface area (Å²) in [7, 11) is 0. The second-order valence-electron chi connectivity index (χ2n) is 5.59. The van der Waals surface area contributed by atoms with Crippen molar-refractivity contribution in [2.24, 2.45) is 5.41 Å². The Balaban J connectivity index is 2.44. The van der Waals surface area contributed by atoms with Crippen LogP contribution in [0.25, 0.3) is 0 Å². The minimum Gasteiger partial charge on any atom is -0.481 e. The highest BCUT2D eigenvalue weighted by atomic mass is 16.4. The molecule has 1 atom stereocenters. The van der Waals surface area contributed by atoms with Crippen LogP contribution in [0.4, 0.5) is 0 Å². The normalized spacial score (nSPS) is 19.7. The molecule has 1 aliphatic rings. The molecule has 0 bridgehead atoms. The number of carboxylic acid groups (broad SMARTS) is 1. The maximum absolute atomic E-state index is 11.8. The molecular formula is C14H26N2O3. The van der Waals surface area contributed by atoms with Gasteiger partial charge in [-0.2, -0.15) is 0 Å². The molecule has 0 radical (unpaired) electrons. The highest BCUT2D eigenvalue weighted by Crippen LogP contribution is 2.35. The number of nitrogens with one attached hydrogen (secondary N) is 2. The van der Waals surface area contributed by atoms with Crippen molar-refractivity contribution < 1.29 is 14.7 Å². The van der Waals surface area contributed by atoms with E-state index in [4.69, 9.17) is 0 Å². The van der Waals surface area contributed by atoms with Gasteiger partial charge in [-0.15, -0.1) is 0 Å². The fourth-order valence-corrected chi connectivity index (χ4v) is 2.73. The van der Waals surface area contributed by atoms with E-state index < -0.39 is 11.4 Å². The standard InChI is InChI=1S/C14H26N2O3/c1-3-15-11(2)9-12(17)16-10-14(13(18)19)7-5-4-6-8-14/h11,15H,3-10H2,1-2H3,(H,16,17)(H,18,19). The van der Waals surface area contributed by atoms with Gasteiger partial charge in [0.05, 0.1) is 5.41 Å². The number of rotatable bonds is 7. The summed E-state index contributed by atoms with van der Waals surface area (Å²) >= 11 is 0. The molecule has 5 nitrogen and oxygen atoms in total. The van der Waals surface area contributed by atoms with Crippen LogP contribution in [-0.2, 0) is 9.59 Å². The molecule has 0 aromatic rings. The average Bonchev–Trinajstić information content (AvgIpc) is 2.37. The Morgan fingerprint density at radius 1 is 1.26 bits per heavy atom. The van der Waals surface area contributed by atoms with E-state index in [1.807, 2.05) is 13.8 Å². The van der Waals surface area contributed by atoms with Crippen molar-refractivity contribution in [2.45, 2.75) is 58.4 Å². The number of carbonyl (C=O) groups is 2. The Morgan fingerprint density at radius 2 is 1.89 bits per heavy atom. The minimum absolute atomic E-state index is 0.0698. The molecule has 5 heteroatoms. The summed E-state index contributed by atoms with van der Waals surface area (Å²) in [5.41, 5.74) is -0.741. The van der Waals surface area contributed by atoms with Gasteiger partial charge in [-0.25, -0.2) is 0 Å². The first-order valence-corrected chi connectivity index (χ1v) is 7.23. The van der Waals surface area contributed by atoms with Gasteiger partial charge in [0.1, 0.15) is 0 Å². The van der Waals surface area contributed by atoms with E-state index >= 15 is 0 Å². The minimum atomic E-state index is -0.771. The van der Waals surface area contributed by atoms with E-state index in [1.54, 1.807) is 0 Å². The van der Waals surface area contributed by atoms with Crippen molar-refractivity contribution in [3.63, 3.8) is 0 Å². The summed E-state index contributed by atoms with van der Waals surface area (Å²) < 4.78 is 0. The predicted molar refractivity (Wildman–Crippen MR) is 73.9 cm³/mol. The Labute approximate surface area is 115 Å². The van der Waals surface area contributed by atoms with Gasteiger partial charge in [0.15, 0.2) is 0 Å². The lowest BCUT2D eigenvalue weighted by molar-refractivity contribution is -0.151. The van der Waals surface area contributed by atoms with Crippen molar-refractivity contribution in [3.05, 3.63) is 0 Å². The number of carbonyl (C=O) groups excluding carboxylic acids is 1. The molecule has 0 aromatic heterocycles. The van der Waals surface area contributed by atoms with Crippen molar-refractivity contribution in [1.82, 2.24) is 10.6 Å². The van der Waals surface area contributed by atoms with Crippen LogP contribution in [0.5, 0.6) is 0 Å². The van der Waals surface area contributed by atoms with Gasteiger partial charge in [-0.3, -0.25) is 9.59 Å². The number of hydrogen-bond acceptors (Lipinski definition) is 3. The van der Waals surface area contributed by atoms with E-state index in [0.29, 0.717) is 19.3 Å². The maximum atomic E-state index is 11.8. The molecule has 0 heterocycles. The van der Waals surface area contributed by atoms with Crippen LogP contribution in [0.15, 0.2) is 0 Å². The molecule has 110 valence electrons. The van der Waals surface area contributed by atoms with Crippen molar-refractivity contribution in [1.29, 1.82) is 0 Å². The van der Waals surface area contributed by atoms with Crippen LogP contribution in [0.2, 0.25) is 0 Å². The first-order chi connectivity index (χ1) is 9.00. The summed E-state index contributed by atoms with van der Waals surface area (Å²) in [6, 6.07) is 0.122. The summed E-state index contributed by atoms with van der Waals surface area (Å²) in [5, 5.41) is 15.4. The van der Waals surface area contributed by atoms with E-state index in [2.05, 4.69) is 10.6 Å². The van der Waals surface area contributed by atoms with E-state index in [1.165, 1.54) is 0 Å². The zero-order chi connectivity index (χ0) is 14.3. The molecule has 1 unspecified atom stereocenters. The van der Waals surface area contributed by atoms with E-state index in [-0.39, 0.29) is 18.5 Å². The van der Waals surface area contributed by atoms with E-state index in [0.717, 1.165) is 25.8 Å². The Bertz CT molecular complexity index is 312. The molecule has 0 aromatic carbocycles. The van der Waals surface area contributed by atoms with Gasteiger partial charge < -0.3 is 15.7 Å². The average molecular weight is 270 g/mol. The Hall–Kier alpha value is -1.10. The lowest BCUT2D eigenvalue weighted by Gasteiger charge is -2.33. The van der Waals surface area contributed by atoms with Crippen molar-refractivity contribution in [2.75, 3.05) is 13.1 Å². The fourth-order valence-electron chi connectivity index (χ4n) is 2.73. The van der Waals surface area contributed by atoms with Crippen LogP contribution >= 0.6 is 0 Å². The quantitative estimate of drug-likeness (QED) is 0.655. The van der Waals surface area contributed by atoms with Crippen LogP contribution in [0.3, 0.4) is 0 Å². The molecule has 3 N–H and O–H groups in total. The third-order valence-electron chi connectivity index (χ3n) is 3.93. The van der Waals surface area contributed by atoms with Crippen molar-refractivity contribution >= 4 is 11.9 Å². The monoisotopic (exact) mass is 270 g/mol. The molecule has 1 rings (SSSR count). The summed E-state index contributed by atoms with van der Waals surface area (Å²) in [5.74, 6) is -0.841. The lowest BCUT2D eigenvalue weighted by Crippen LogP contribution is -2.45. The van der Waals surface area contributed by atoms with Gasteiger partial charge in [-0.05, 0) is 26.3 Å². The highest BCUT2D eigenvalue weighted by molar-refractivity contribution is 5.79. The smallest absolute Gasteiger partial charge is 0.311 e. The number of hydrogen-bond donors (Lipinski definition) is 3. The molecule has 19 heavy (non-hydrogen) atoms. The molecule has 1 aliphatic carbocycles. The molecule has 0 saturated heterocycles. The SMILES string of the molecule is CCNC(C)CC(=O)NCC1(C(=O)O)CCCCC1. The number of carboxylic acids is 1. The highest BCUT2D eigenvalue weighted by Gasteiger charge is 2.39. The largest absolute Gasteiger partial charge is 0.481 e. The molecule has 1 fully saturated rings. The Morgan fingerprint density at radius 3 is 2.42 bits per heavy atom. The van der Waals surface area contributed by atoms with Crippen LogP contribution in [0, 0.1) is 5.41 Å². The van der Waals surface area contributed by atoms with Gasteiger partial charge >= 0.3 is 5.97 Å². The van der Waals surface area contributed by atoms with Gasteiger partial charge in [0.25, 0.3) is 0 Å². The van der Waals surface area contributed by atoms with Crippen LogP contribution < -0.4 is 10.6 Å². The zero-order valence-corrected chi connectivity index (χ0v) is 12.0. The van der Waals surface area contributed by atoms with Gasteiger partial charge in [0, 0.05) is 19.0 Å². The first kappa shape index (κ1) is 16.0. The summed E-state index contributed by atoms with van der Waals surface area (Å²) in [6.45, 7) is 5.04. The Kier molecular flexibility index (Phi) is 6.28. The third kappa shape index (κ3) is 4.82. The first-order valence-electron chi connectivity index (χ1n) is 7.23.